The molecule has 0 aromatic heterocycles. The zero-order valence-corrected chi connectivity index (χ0v) is 10.2. The molecule has 4 unspecified atom stereocenters. The highest BCUT2D eigenvalue weighted by atomic mass is 16.6. The van der Waals surface area contributed by atoms with E-state index in [1.54, 1.807) is 14.2 Å². The van der Waals surface area contributed by atoms with Gasteiger partial charge >= 0.3 is 0 Å². The SMILES string of the molecule is CCOC1C(OC)C(C)OC(C)C1OC. The molecule has 4 atom stereocenters. The van der Waals surface area contributed by atoms with Crippen LogP contribution < -0.4 is 0 Å². The van der Waals surface area contributed by atoms with Gasteiger partial charge in [0.05, 0.1) is 12.2 Å². The van der Waals surface area contributed by atoms with Gasteiger partial charge in [-0.15, -0.1) is 0 Å². The summed E-state index contributed by atoms with van der Waals surface area (Å²) in [5.41, 5.74) is 0. The molecule has 0 bridgehead atoms. The molecule has 1 aliphatic rings. The van der Waals surface area contributed by atoms with Gasteiger partial charge in [0.1, 0.15) is 18.3 Å². The lowest BCUT2D eigenvalue weighted by Crippen LogP contribution is -2.58. The average Bonchev–Trinajstić information content (AvgIpc) is 2.18. The summed E-state index contributed by atoms with van der Waals surface area (Å²) in [7, 11) is 3.36. The summed E-state index contributed by atoms with van der Waals surface area (Å²) >= 11 is 0. The summed E-state index contributed by atoms with van der Waals surface area (Å²) in [4.78, 5) is 0. The van der Waals surface area contributed by atoms with E-state index in [0.717, 1.165) is 0 Å². The van der Waals surface area contributed by atoms with Crippen LogP contribution in [0.3, 0.4) is 0 Å². The molecule has 0 saturated carbocycles. The maximum atomic E-state index is 5.74. The van der Waals surface area contributed by atoms with Gasteiger partial charge in [0, 0.05) is 20.8 Å². The van der Waals surface area contributed by atoms with Crippen molar-refractivity contribution in [2.24, 2.45) is 0 Å². The van der Waals surface area contributed by atoms with Crippen LogP contribution in [0.4, 0.5) is 0 Å². The van der Waals surface area contributed by atoms with E-state index in [0.29, 0.717) is 6.61 Å². The molecule has 0 aromatic carbocycles. The van der Waals surface area contributed by atoms with Gasteiger partial charge in [-0.1, -0.05) is 0 Å². The van der Waals surface area contributed by atoms with Crippen LogP contribution >= 0.6 is 0 Å². The quantitative estimate of drug-likeness (QED) is 0.711. The molecule has 0 aliphatic carbocycles. The Bertz CT molecular complexity index is 169. The molecule has 4 heteroatoms. The Labute approximate surface area is 91.8 Å². The van der Waals surface area contributed by atoms with Crippen molar-refractivity contribution in [1.29, 1.82) is 0 Å². The fourth-order valence-electron chi connectivity index (χ4n) is 2.25. The predicted molar refractivity (Wildman–Crippen MR) is 57.0 cm³/mol. The van der Waals surface area contributed by atoms with Crippen molar-refractivity contribution >= 4 is 0 Å². The van der Waals surface area contributed by atoms with Gasteiger partial charge in [0.25, 0.3) is 0 Å². The van der Waals surface area contributed by atoms with Crippen LogP contribution in [-0.2, 0) is 18.9 Å². The highest BCUT2D eigenvalue weighted by Crippen LogP contribution is 2.26. The highest BCUT2D eigenvalue weighted by molar-refractivity contribution is 4.91. The van der Waals surface area contributed by atoms with E-state index in [9.17, 15) is 0 Å². The Morgan fingerprint density at radius 1 is 0.933 bits per heavy atom. The number of methoxy groups -OCH3 is 2. The molecular formula is C11H22O4. The molecule has 0 N–H and O–H groups in total. The molecule has 0 radical (unpaired) electrons. The summed E-state index contributed by atoms with van der Waals surface area (Å²) in [5.74, 6) is 0. The zero-order valence-electron chi connectivity index (χ0n) is 10.2. The van der Waals surface area contributed by atoms with E-state index in [-0.39, 0.29) is 30.5 Å². The first-order valence-electron chi connectivity index (χ1n) is 5.48. The topological polar surface area (TPSA) is 36.9 Å². The van der Waals surface area contributed by atoms with Gasteiger partial charge in [-0.3, -0.25) is 0 Å². The number of hydrogen-bond donors (Lipinski definition) is 0. The maximum Gasteiger partial charge on any atom is 0.115 e. The minimum absolute atomic E-state index is 0.0351. The lowest BCUT2D eigenvalue weighted by Gasteiger charge is -2.43. The molecule has 90 valence electrons. The highest BCUT2D eigenvalue weighted by Gasteiger charge is 2.43. The summed E-state index contributed by atoms with van der Waals surface area (Å²) in [5, 5.41) is 0. The third kappa shape index (κ3) is 2.69. The molecule has 15 heavy (non-hydrogen) atoms. The van der Waals surface area contributed by atoms with Gasteiger partial charge < -0.3 is 18.9 Å². The van der Waals surface area contributed by atoms with Gasteiger partial charge in [0.15, 0.2) is 0 Å². The second kappa shape index (κ2) is 5.80. The van der Waals surface area contributed by atoms with Gasteiger partial charge in [0.2, 0.25) is 0 Å². The van der Waals surface area contributed by atoms with E-state index in [4.69, 9.17) is 18.9 Å². The summed E-state index contributed by atoms with van der Waals surface area (Å²) < 4.78 is 22.3. The Balaban J connectivity index is 2.77. The molecule has 0 aromatic rings. The van der Waals surface area contributed by atoms with Crippen molar-refractivity contribution in [2.75, 3.05) is 20.8 Å². The van der Waals surface area contributed by atoms with Crippen LogP contribution in [0.5, 0.6) is 0 Å². The van der Waals surface area contributed by atoms with Crippen LogP contribution in [0.25, 0.3) is 0 Å². The van der Waals surface area contributed by atoms with Crippen LogP contribution in [-0.4, -0.2) is 51.3 Å². The summed E-state index contributed by atoms with van der Waals surface area (Å²) in [6, 6.07) is 0. The second-order valence-corrected chi connectivity index (χ2v) is 3.87. The van der Waals surface area contributed by atoms with Crippen LogP contribution in [0.1, 0.15) is 20.8 Å². The lowest BCUT2D eigenvalue weighted by molar-refractivity contribution is -0.238. The van der Waals surface area contributed by atoms with Crippen molar-refractivity contribution in [2.45, 2.75) is 51.3 Å². The number of hydrogen-bond acceptors (Lipinski definition) is 4. The van der Waals surface area contributed by atoms with Crippen molar-refractivity contribution in [3.05, 3.63) is 0 Å². The minimum atomic E-state index is -0.0638. The minimum Gasteiger partial charge on any atom is -0.376 e. The van der Waals surface area contributed by atoms with Crippen LogP contribution in [0.2, 0.25) is 0 Å². The van der Waals surface area contributed by atoms with E-state index in [1.807, 2.05) is 20.8 Å². The standard InChI is InChI=1S/C11H22O4/c1-6-14-11-9(12-4)7(2)15-8(3)10(11)13-5/h7-11H,6H2,1-5H3. The summed E-state index contributed by atoms with van der Waals surface area (Å²) in [6.07, 6.45) is -0.109. The third-order valence-corrected chi connectivity index (χ3v) is 2.91. The Kier molecular flexibility index (Phi) is 4.99. The fraction of sp³-hybridized carbons (Fsp3) is 1.00. The molecule has 0 amide bonds. The van der Waals surface area contributed by atoms with E-state index >= 15 is 0 Å². The molecule has 4 nitrogen and oxygen atoms in total. The molecule has 1 aliphatic heterocycles. The van der Waals surface area contributed by atoms with E-state index in [2.05, 4.69) is 0 Å². The second-order valence-electron chi connectivity index (χ2n) is 3.87. The molecule has 1 heterocycles. The van der Waals surface area contributed by atoms with Gasteiger partial charge in [-0.25, -0.2) is 0 Å². The first kappa shape index (κ1) is 12.9. The fourth-order valence-corrected chi connectivity index (χ4v) is 2.25. The maximum absolute atomic E-state index is 5.74. The van der Waals surface area contributed by atoms with Crippen molar-refractivity contribution < 1.29 is 18.9 Å². The molecule has 1 fully saturated rings. The monoisotopic (exact) mass is 218 g/mol. The Morgan fingerprint density at radius 2 is 1.40 bits per heavy atom. The molecule has 0 spiro atoms. The van der Waals surface area contributed by atoms with Gasteiger partial charge in [-0.2, -0.15) is 0 Å². The Hall–Kier alpha value is -0.160. The normalized spacial score (nSPS) is 41.8. The first-order valence-corrected chi connectivity index (χ1v) is 5.48. The van der Waals surface area contributed by atoms with Crippen LogP contribution in [0.15, 0.2) is 0 Å². The number of rotatable bonds is 4. The van der Waals surface area contributed by atoms with E-state index in [1.165, 1.54) is 0 Å². The van der Waals surface area contributed by atoms with Gasteiger partial charge in [-0.05, 0) is 20.8 Å². The van der Waals surface area contributed by atoms with Crippen LogP contribution in [0, 0.1) is 0 Å². The van der Waals surface area contributed by atoms with E-state index < -0.39 is 0 Å². The predicted octanol–water partition coefficient (Wildman–Crippen LogP) is 1.23. The Morgan fingerprint density at radius 3 is 1.73 bits per heavy atom. The first-order chi connectivity index (χ1) is 7.15. The summed E-state index contributed by atoms with van der Waals surface area (Å²) in [6.45, 7) is 6.64. The van der Waals surface area contributed by atoms with Crippen molar-refractivity contribution in [3.8, 4) is 0 Å². The smallest absolute Gasteiger partial charge is 0.115 e. The average molecular weight is 218 g/mol. The number of ether oxygens (including phenoxy) is 4. The molecule has 1 rings (SSSR count). The molecule has 1 saturated heterocycles. The lowest BCUT2D eigenvalue weighted by atomic mass is 9.96. The largest absolute Gasteiger partial charge is 0.376 e. The zero-order chi connectivity index (χ0) is 11.4. The third-order valence-electron chi connectivity index (χ3n) is 2.91. The molecular weight excluding hydrogens is 196 g/mol. The van der Waals surface area contributed by atoms with Crippen molar-refractivity contribution in [1.82, 2.24) is 0 Å². The van der Waals surface area contributed by atoms with Crippen molar-refractivity contribution in [3.63, 3.8) is 0 Å².